The van der Waals surface area contributed by atoms with Crippen molar-refractivity contribution in [1.29, 1.82) is 0 Å². The Hall–Kier alpha value is -7.09. The van der Waals surface area contributed by atoms with Gasteiger partial charge >= 0.3 is 0 Å². The first-order valence-corrected chi connectivity index (χ1v) is 30.4. The highest BCUT2D eigenvalue weighted by Crippen LogP contribution is 2.37. The topological polar surface area (TPSA) is 211 Å². The lowest BCUT2D eigenvalue weighted by Crippen LogP contribution is -2.52. The van der Waals surface area contributed by atoms with Crippen molar-refractivity contribution in [3.8, 4) is 10.4 Å². The second-order valence-corrected chi connectivity index (χ2v) is 24.6. The number of nitrogens with zero attached hydrogens (tertiary/aromatic N) is 4. The number of aromatic amines is 1. The van der Waals surface area contributed by atoms with Crippen molar-refractivity contribution in [2.45, 2.75) is 142 Å². The molecule has 442 valence electrons. The largest absolute Gasteiger partial charge is 0.393 e. The molecular weight excluding hydrogens is 1080 g/mol. The van der Waals surface area contributed by atoms with Crippen molar-refractivity contribution in [1.82, 2.24) is 30.7 Å². The lowest BCUT2D eigenvalue weighted by molar-refractivity contribution is -0.137. The molecule has 3 aliphatic rings. The number of halogens is 2. The standard InChI is InChI=1S/C64H79F2N9O7S/c1-40-59(83-39-68-40)44-17-14-41(15-18-44)38-67-62(80)52-37-49(76)36-51(52)58(79)60(64(2,3)4)70-56(77)12-10-8-6-5-7-9-11-13-57(78)75-26-24-74(25-27-75)48-19-20-50(55(35-48)69-47-22-28-82-29-23-47)63(81)71-61-53-33-42(16-21-54(53)72-73-61)30-43-31-45(65)34-46(66)32-43/h14-21,31-35,39,47,49,51-52,60,69,76H,5-13,22-30,36-38H2,1-4H3,(H,67,80)(H,70,77)(H2,71,72,73,81)/t49-,51?,52+,60+/m0/s1. The predicted octanol–water partition coefficient (Wildman–Crippen LogP) is 10.7. The summed E-state index contributed by atoms with van der Waals surface area (Å²) >= 11 is 1.58. The van der Waals surface area contributed by atoms with Crippen molar-refractivity contribution in [3.63, 3.8) is 0 Å². The number of aliphatic hydroxyl groups excluding tert-OH is 1. The Balaban J connectivity index is 0.678. The molecule has 2 aromatic heterocycles. The number of hydrogen-bond acceptors (Lipinski definition) is 12. The Morgan fingerprint density at radius 1 is 0.795 bits per heavy atom. The number of nitrogens with one attached hydrogen (secondary N) is 5. The number of rotatable bonds is 24. The molecule has 6 aromatic rings. The molecule has 0 bridgehead atoms. The maximum Gasteiger partial charge on any atom is 0.258 e. The van der Waals surface area contributed by atoms with Crippen LogP contribution in [0.4, 0.5) is 26.0 Å². The Morgan fingerprint density at radius 2 is 1.47 bits per heavy atom. The van der Waals surface area contributed by atoms with E-state index in [1.807, 2.05) is 98.8 Å². The number of ketones is 1. The van der Waals surface area contributed by atoms with E-state index < -0.39 is 41.0 Å². The number of hydrogen-bond donors (Lipinski definition) is 6. The molecule has 16 nitrogen and oxygen atoms in total. The number of benzene rings is 4. The van der Waals surface area contributed by atoms with Crippen LogP contribution in [0.3, 0.4) is 0 Å². The molecule has 1 aliphatic carbocycles. The number of anilines is 3. The van der Waals surface area contributed by atoms with Crippen LogP contribution < -0.4 is 26.2 Å². The maximum atomic E-state index is 14.2. The number of thiazole rings is 1. The number of unbranched alkanes of at least 4 members (excludes halogenated alkanes) is 6. The Bertz CT molecular complexity index is 3200. The molecule has 1 unspecified atom stereocenters. The van der Waals surface area contributed by atoms with Gasteiger partial charge in [0.2, 0.25) is 17.7 Å². The van der Waals surface area contributed by atoms with E-state index in [4.69, 9.17) is 4.74 Å². The molecule has 2 aliphatic heterocycles. The van der Waals surface area contributed by atoms with Gasteiger partial charge in [-0.25, -0.2) is 13.8 Å². The minimum absolute atomic E-state index is 0.117. The van der Waals surface area contributed by atoms with Gasteiger partial charge in [0.1, 0.15) is 11.6 Å². The Morgan fingerprint density at radius 3 is 2.16 bits per heavy atom. The van der Waals surface area contributed by atoms with Crippen LogP contribution in [-0.4, -0.2) is 112 Å². The summed E-state index contributed by atoms with van der Waals surface area (Å²) < 4.78 is 33.5. The van der Waals surface area contributed by atoms with Crippen molar-refractivity contribution in [3.05, 3.63) is 124 Å². The van der Waals surface area contributed by atoms with E-state index >= 15 is 0 Å². The third-order valence-electron chi connectivity index (χ3n) is 16.4. The molecule has 2 saturated heterocycles. The van der Waals surface area contributed by atoms with Crippen LogP contribution in [0.5, 0.6) is 0 Å². The van der Waals surface area contributed by atoms with Gasteiger partial charge in [-0.05, 0) is 122 Å². The number of amides is 4. The average molecular weight is 1160 g/mol. The number of H-pyrrole nitrogens is 1. The number of carbonyl (C=O) groups excluding carboxylic acids is 5. The molecule has 19 heteroatoms. The van der Waals surface area contributed by atoms with Crippen molar-refractivity contribution in [2.75, 3.05) is 54.9 Å². The van der Waals surface area contributed by atoms with E-state index in [0.29, 0.717) is 98.7 Å². The van der Waals surface area contributed by atoms with Crippen LogP contribution in [-0.2, 0) is 36.9 Å². The molecule has 4 amide bonds. The third kappa shape index (κ3) is 16.2. The molecule has 9 rings (SSSR count). The zero-order valence-electron chi connectivity index (χ0n) is 48.2. The summed E-state index contributed by atoms with van der Waals surface area (Å²) in [5.41, 5.74) is 8.27. The first-order valence-electron chi connectivity index (χ1n) is 29.5. The number of aromatic nitrogens is 3. The van der Waals surface area contributed by atoms with Gasteiger partial charge in [-0.2, -0.15) is 5.10 Å². The normalized spacial score (nSPS) is 18.0. The zero-order chi connectivity index (χ0) is 58.6. The molecule has 1 saturated carbocycles. The number of carbonyl (C=O) groups is 5. The fraction of sp³-hybridized carbons (Fsp3) is 0.484. The van der Waals surface area contributed by atoms with Crippen molar-refractivity contribution < 1.29 is 42.6 Å². The quantitative estimate of drug-likeness (QED) is 0.0314. The van der Waals surface area contributed by atoms with Gasteiger partial charge in [0, 0.05) is 93.6 Å². The summed E-state index contributed by atoms with van der Waals surface area (Å²) in [6.45, 7) is 11.7. The van der Waals surface area contributed by atoms with Gasteiger partial charge in [-0.1, -0.05) is 83.2 Å². The van der Waals surface area contributed by atoms with Crippen LogP contribution in [0.1, 0.15) is 137 Å². The summed E-state index contributed by atoms with van der Waals surface area (Å²) in [6, 6.07) is 22.1. The fourth-order valence-corrected chi connectivity index (χ4v) is 12.6. The summed E-state index contributed by atoms with van der Waals surface area (Å²) in [5, 5.41) is 31.4. The van der Waals surface area contributed by atoms with Gasteiger partial charge < -0.3 is 40.9 Å². The van der Waals surface area contributed by atoms with Gasteiger partial charge in [-0.15, -0.1) is 11.3 Å². The summed E-state index contributed by atoms with van der Waals surface area (Å²) in [6.07, 6.45) is 8.52. The first-order chi connectivity index (χ1) is 39.9. The molecule has 0 radical (unpaired) electrons. The Kier molecular flexibility index (Phi) is 20.4. The van der Waals surface area contributed by atoms with E-state index in [2.05, 4.69) is 41.3 Å². The minimum atomic E-state index is -0.805. The van der Waals surface area contributed by atoms with E-state index in [1.165, 1.54) is 12.1 Å². The molecular formula is C64H79F2N9O7S. The van der Waals surface area contributed by atoms with Gasteiger partial charge in [0.15, 0.2) is 11.6 Å². The van der Waals surface area contributed by atoms with Crippen LogP contribution >= 0.6 is 11.3 Å². The Labute approximate surface area is 488 Å². The van der Waals surface area contributed by atoms with Crippen LogP contribution in [0.15, 0.2) is 84.4 Å². The highest BCUT2D eigenvalue weighted by atomic mass is 32.1. The number of ether oxygens (including phenoxy) is 1. The smallest absolute Gasteiger partial charge is 0.258 e. The molecule has 83 heavy (non-hydrogen) atoms. The zero-order valence-corrected chi connectivity index (χ0v) is 49.0. The molecule has 6 N–H and O–H groups in total. The fourth-order valence-electron chi connectivity index (χ4n) is 11.8. The number of aryl methyl sites for hydroxylation is 1. The first kappa shape index (κ1) is 60.5. The predicted molar refractivity (Wildman–Crippen MR) is 320 cm³/mol. The molecule has 3 fully saturated rings. The molecule has 4 heterocycles. The highest BCUT2D eigenvalue weighted by Gasteiger charge is 2.47. The highest BCUT2D eigenvalue weighted by molar-refractivity contribution is 7.13. The second kappa shape index (κ2) is 28.0. The second-order valence-electron chi connectivity index (χ2n) is 23.8. The van der Waals surface area contributed by atoms with E-state index in [1.54, 1.807) is 11.3 Å². The minimum Gasteiger partial charge on any atom is -0.393 e. The van der Waals surface area contributed by atoms with Crippen molar-refractivity contribution in [2.24, 2.45) is 17.3 Å². The number of Topliss-reactive ketones (excluding diaryl/α,β-unsaturated/α-hetero) is 1. The maximum absolute atomic E-state index is 14.2. The van der Waals surface area contributed by atoms with Gasteiger partial charge in [-0.3, -0.25) is 29.1 Å². The lowest BCUT2D eigenvalue weighted by Gasteiger charge is -2.36. The molecule has 4 atom stereocenters. The van der Waals surface area contributed by atoms with Crippen LogP contribution in [0.25, 0.3) is 21.3 Å². The SMILES string of the molecule is Cc1ncsc1-c1ccc(CNC(=O)[C@@H]2C[C@@H](O)CC2C(=O)[C@@H](NC(=O)CCCCCCCCCC(=O)N2CCN(c3ccc(C(=O)Nc4n[nH]c5ccc(Cc6cc(F)cc(F)c6)cc45)c(NC4CCOCC4)c3)CC2)C(C)(C)C)cc1. The summed E-state index contributed by atoms with van der Waals surface area (Å²) in [4.78, 5) is 78.1. The van der Waals surface area contributed by atoms with Gasteiger partial charge in [0.25, 0.3) is 5.91 Å². The van der Waals surface area contributed by atoms with E-state index in [9.17, 15) is 37.9 Å². The molecule has 4 aromatic carbocycles. The summed E-state index contributed by atoms with van der Waals surface area (Å²) in [7, 11) is 0. The van der Waals surface area contributed by atoms with Crippen molar-refractivity contribution >= 4 is 68.8 Å². The number of piperazine rings is 1. The molecule has 0 spiro atoms. The third-order valence-corrected chi connectivity index (χ3v) is 17.4. The van der Waals surface area contributed by atoms with Gasteiger partial charge in [0.05, 0.1) is 45.2 Å². The summed E-state index contributed by atoms with van der Waals surface area (Å²) in [5.74, 6) is -3.21. The van der Waals surface area contributed by atoms with E-state index in [0.717, 1.165) is 90.4 Å². The van der Waals surface area contributed by atoms with Crippen LogP contribution in [0, 0.1) is 35.8 Å². The van der Waals surface area contributed by atoms with E-state index in [-0.39, 0.29) is 54.7 Å². The average Bonchev–Trinajstić information content (AvgIpc) is 4.45. The monoisotopic (exact) mass is 1160 g/mol. The number of fused-ring (bicyclic) bond motifs is 1. The number of aliphatic hydroxyl groups is 1. The lowest BCUT2D eigenvalue weighted by atomic mass is 9.77. The van der Waals surface area contributed by atoms with Crippen LogP contribution in [0.2, 0.25) is 0 Å².